The van der Waals surface area contributed by atoms with E-state index in [1.807, 2.05) is 0 Å². The number of carbonyl (C=O) groups excluding carboxylic acids is 1. The molecule has 3 aromatic heterocycles. The lowest BCUT2D eigenvalue weighted by atomic mass is 10.2. The second-order valence-corrected chi connectivity index (χ2v) is 4.13. The van der Waals surface area contributed by atoms with E-state index < -0.39 is 5.91 Å². The largest absolute Gasteiger partial charge is 0.371 e. The molecule has 8 nitrogen and oxygen atoms in total. The van der Waals surface area contributed by atoms with Crippen molar-refractivity contribution in [3.63, 3.8) is 0 Å². The summed E-state index contributed by atoms with van der Waals surface area (Å²) in [6.07, 6.45) is 3.41. The number of amides is 1. The highest BCUT2D eigenvalue weighted by Gasteiger charge is 2.15. The number of fused-ring (bicyclic) bond motifs is 1. The lowest BCUT2D eigenvalue weighted by molar-refractivity contribution is 0.100. The van der Waals surface area contributed by atoms with E-state index in [1.165, 1.54) is 0 Å². The average Bonchev–Trinajstić information content (AvgIpc) is 3.10. The maximum absolute atomic E-state index is 11.4. The summed E-state index contributed by atoms with van der Waals surface area (Å²) in [5.74, 6) is 5.45. The van der Waals surface area contributed by atoms with E-state index in [4.69, 9.17) is 5.73 Å². The Morgan fingerprint density at radius 3 is 3.05 bits per heavy atom. The van der Waals surface area contributed by atoms with Gasteiger partial charge in [0, 0.05) is 19.3 Å². The van der Waals surface area contributed by atoms with Crippen molar-refractivity contribution >= 4 is 17.4 Å². The lowest BCUT2D eigenvalue weighted by Gasteiger charge is -1.96. The molecule has 3 aromatic rings. The number of rotatable bonds is 2. The topological polar surface area (TPSA) is 114 Å². The van der Waals surface area contributed by atoms with Crippen molar-refractivity contribution in [2.24, 2.45) is 5.73 Å². The molecule has 0 radical (unpaired) electrons. The molecule has 0 aromatic carbocycles. The molecule has 3 heterocycles. The molecule has 0 fully saturated rings. The summed E-state index contributed by atoms with van der Waals surface area (Å²) in [6, 6.07) is 3.50. The van der Waals surface area contributed by atoms with Crippen molar-refractivity contribution in [2.45, 2.75) is 0 Å². The molecule has 104 valence electrons. The van der Waals surface area contributed by atoms with Crippen LogP contribution in [0.3, 0.4) is 0 Å². The van der Waals surface area contributed by atoms with Crippen molar-refractivity contribution in [3.05, 3.63) is 41.5 Å². The van der Waals surface area contributed by atoms with Gasteiger partial charge in [-0.15, -0.1) is 0 Å². The quantitative estimate of drug-likeness (QED) is 0.572. The van der Waals surface area contributed by atoms with Crippen LogP contribution < -0.4 is 11.1 Å². The predicted octanol–water partition coefficient (Wildman–Crippen LogP) is -0.00720. The normalized spacial score (nSPS) is 10.1. The number of hydrogen-bond donors (Lipinski definition) is 3. The first-order valence-electron chi connectivity index (χ1n) is 6.07. The fourth-order valence-corrected chi connectivity index (χ4v) is 1.86. The van der Waals surface area contributed by atoms with Crippen LogP contribution in [0.4, 0.5) is 5.82 Å². The van der Waals surface area contributed by atoms with Gasteiger partial charge in [-0.3, -0.25) is 9.89 Å². The fourth-order valence-electron chi connectivity index (χ4n) is 1.86. The molecule has 0 atom stereocenters. The van der Waals surface area contributed by atoms with Crippen LogP contribution in [0.5, 0.6) is 0 Å². The van der Waals surface area contributed by atoms with Crippen molar-refractivity contribution in [2.75, 3.05) is 12.4 Å². The molecule has 4 N–H and O–H groups in total. The van der Waals surface area contributed by atoms with Gasteiger partial charge in [-0.05, 0) is 17.9 Å². The van der Waals surface area contributed by atoms with Gasteiger partial charge in [-0.1, -0.05) is 0 Å². The lowest BCUT2D eigenvalue weighted by Crippen LogP contribution is -2.13. The molecule has 0 saturated carbocycles. The Hall–Kier alpha value is -3.34. The zero-order chi connectivity index (χ0) is 14.8. The maximum atomic E-state index is 11.4. The Labute approximate surface area is 119 Å². The minimum absolute atomic E-state index is 0.232. The summed E-state index contributed by atoms with van der Waals surface area (Å²) in [4.78, 5) is 15.8. The minimum Gasteiger partial charge on any atom is -0.371 e. The third-order valence-corrected chi connectivity index (χ3v) is 2.82. The number of nitrogens with one attached hydrogen (secondary N) is 2. The van der Waals surface area contributed by atoms with Gasteiger partial charge in [0.2, 0.25) is 0 Å². The van der Waals surface area contributed by atoms with Gasteiger partial charge < -0.3 is 11.1 Å². The molecule has 0 unspecified atom stereocenters. The third-order valence-electron chi connectivity index (χ3n) is 2.82. The number of hydrogen-bond acceptors (Lipinski definition) is 5. The molecule has 8 heteroatoms. The van der Waals surface area contributed by atoms with Gasteiger partial charge in [0.1, 0.15) is 17.0 Å². The first-order valence-corrected chi connectivity index (χ1v) is 6.07. The van der Waals surface area contributed by atoms with Crippen molar-refractivity contribution in [1.29, 1.82) is 0 Å². The zero-order valence-corrected chi connectivity index (χ0v) is 11.1. The van der Waals surface area contributed by atoms with Gasteiger partial charge in [-0.25, -0.2) is 9.50 Å². The van der Waals surface area contributed by atoms with Crippen molar-refractivity contribution in [1.82, 2.24) is 24.8 Å². The summed E-state index contributed by atoms with van der Waals surface area (Å²) in [5.41, 5.74) is 7.16. The van der Waals surface area contributed by atoms with Crippen LogP contribution in [-0.2, 0) is 0 Å². The highest BCUT2D eigenvalue weighted by Crippen LogP contribution is 2.14. The molecule has 0 aliphatic heterocycles. The molecule has 0 spiro atoms. The zero-order valence-electron chi connectivity index (χ0n) is 11.1. The van der Waals surface area contributed by atoms with E-state index in [-0.39, 0.29) is 5.56 Å². The van der Waals surface area contributed by atoms with E-state index in [2.05, 4.69) is 37.4 Å². The second-order valence-electron chi connectivity index (χ2n) is 4.13. The van der Waals surface area contributed by atoms with E-state index in [0.717, 1.165) is 0 Å². The average molecular weight is 281 g/mol. The molecule has 0 aliphatic carbocycles. The number of carbonyl (C=O) groups is 1. The Morgan fingerprint density at radius 1 is 1.43 bits per heavy atom. The fraction of sp³-hybridized carbons (Fsp3) is 0.0769. The molecule has 0 saturated heterocycles. The number of H-pyrrole nitrogens is 1. The van der Waals surface area contributed by atoms with Gasteiger partial charge in [0.15, 0.2) is 11.5 Å². The van der Waals surface area contributed by atoms with Crippen LogP contribution in [0, 0.1) is 11.8 Å². The number of aromatic nitrogens is 5. The van der Waals surface area contributed by atoms with Crippen LogP contribution in [-0.4, -0.2) is 37.8 Å². The van der Waals surface area contributed by atoms with Crippen LogP contribution in [0.15, 0.2) is 24.5 Å². The number of nitrogens with two attached hydrogens (primary N) is 1. The molecule has 21 heavy (non-hydrogen) atoms. The van der Waals surface area contributed by atoms with Gasteiger partial charge in [0.25, 0.3) is 5.91 Å². The van der Waals surface area contributed by atoms with E-state index >= 15 is 0 Å². The van der Waals surface area contributed by atoms with Crippen molar-refractivity contribution < 1.29 is 4.79 Å². The molecule has 3 rings (SSSR count). The summed E-state index contributed by atoms with van der Waals surface area (Å²) >= 11 is 0. The highest BCUT2D eigenvalue weighted by atomic mass is 16.1. The van der Waals surface area contributed by atoms with E-state index in [1.54, 1.807) is 36.1 Å². The highest BCUT2D eigenvalue weighted by molar-refractivity contribution is 5.99. The van der Waals surface area contributed by atoms with E-state index in [0.29, 0.717) is 22.9 Å². The Bertz CT molecular complexity index is 881. The summed E-state index contributed by atoms with van der Waals surface area (Å²) in [6.45, 7) is 0. The molecule has 0 aliphatic rings. The first-order chi connectivity index (χ1) is 10.2. The van der Waals surface area contributed by atoms with Gasteiger partial charge in [-0.2, -0.15) is 10.2 Å². The number of nitrogens with zero attached hydrogens (tertiary/aromatic N) is 4. The standard InChI is InChI=1S/C13H11N7O/c1-15-13-11(12(14)21)9(18-19-13)3-2-8-5-7-20-10(17-8)4-6-16-20/h4-7H,1H3,(H2,14,21)(H2,15,18,19). The third kappa shape index (κ3) is 2.28. The van der Waals surface area contributed by atoms with Gasteiger partial charge in [0.05, 0.1) is 6.20 Å². The summed E-state index contributed by atoms with van der Waals surface area (Å²) < 4.78 is 1.63. The SMILES string of the molecule is CNc1n[nH]c(C#Cc2ccn3nccc3n2)c1C(N)=O. The number of aromatic amines is 1. The Balaban J connectivity index is 2.00. The predicted molar refractivity (Wildman–Crippen MR) is 75.6 cm³/mol. The summed E-state index contributed by atoms with van der Waals surface area (Å²) in [7, 11) is 1.65. The maximum Gasteiger partial charge on any atom is 0.255 e. The first kappa shape index (κ1) is 12.7. The molecule has 1 amide bonds. The van der Waals surface area contributed by atoms with Crippen LogP contribution in [0.1, 0.15) is 21.7 Å². The monoisotopic (exact) mass is 281 g/mol. The molecule has 0 bridgehead atoms. The molecular weight excluding hydrogens is 270 g/mol. The second kappa shape index (κ2) is 4.97. The van der Waals surface area contributed by atoms with Crippen LogP contribution in [0.2, 0.25) is 0 Å². The number of primary amides is 1. The smallest absolute Gasteiger partial charge is 0.255 e. The summed E-state index contributed by atoms with van der Waals surface area (Å²) in [5, 5.41) is 13.4. The number of anilines is 1. The van der Waals surface area contributed by atoms with Crippen LogP contribution >= 0.6 is 0 Å². The van der Waals surface area contributed by atoms with Crippen molar-refractivity contribution in [3.8, 4) is 11.8 Å². The minimum atomic E-state index is -0.600. The van der Waals surface area contributed by atoms with Gasteiger partial charge >= 0.3 is 0 Å². The Kier molecular flexibility index (Phi) is 3.00. The Morgan fingerprint density at radius 2 is 2.29 bits per heavy atom. The molecular formula is C13H11N7O. The van der Waals surface area contributed by atoms with Crippen LogP contribution in [0.25, 0.3) is 5.65 Å². The van der Waals surface area contributed by atoms with E-state index in [9.17, 15) is 4.79 Å².